The second-order valence-electron chi connectivity index (χ2n) is 7.50. The first-order valence-corrected chi connectivity index (χ1v) is 9.71. The summed E-state index contributed by atoms with van der Waals surface area (Å²) in [5.41, 5.74) is 2.06. The van der Waals surface area contributed by atoms with Crippen molar-refractivity contribution in [2.75, 3.05) is 34.5 Å². The van der Waals surface area contributed by atoms with E-state index >= 15 is 0 Å². The molecule has 30 heavy (non-hydrogen) atoms. The lowest BCUT2D eigenvalue weighted by molar-refractivity contribution is 0.0190. The van der Waals surface area contributed by atoms with Crippen LogP contribution in [0.5, 0.6) is 28.7 Å². The highest BCUT2D eigenvalue weighted by Crippen LogP contribution is 2.52. The van der Waals surface area contributed by atoms with Gasteiger partial charge in [-0.2, -0.15) is 0 Å². The third-order valence-electron chi connectivity index (χ3n) is 5.99. The third kappa shape index (κ3) is 3.30. The van der Waals surface area contributed by atoms with Gasteiger partial charge in [-0.05, 0) is 35.4 Å². The average Bonchev–Trinajstić information content (AvgIpc) is 3.36. The number of ether oxygens (including phenoxy) is 5. The molecule has 8 heteroatoms. The van der Waals surface area contributed by atoms with Crippen LogP contribution in [-0.4, -0.2) is 49.9 Å². The molecule has 2 saturated heterocycles. The Hall–Kier alpha value is -2.68. The van der Waals surface area contributed by atoms with E-state index in [0.29, 0.717) is 36.0 Å². The van der Waals surface area contributed by atoms with E-state index < -0.39 is 0 Å². The molecule has 3 N–H and O–H groups in total. The molecule has 2 aromatic carbocycles. The Bertz CT molecular complexity index is 802. The van der Waals surface area contributed by atoms with E-state index in [1.165, 1.54) is 21.3 Å². The van der Waals surface area contributed by atoms with Crippen molar-refractivity contribution in [3.63, 3.8) is 0 Å². The van der Waals surface area contributed by atoms with Gasteiger partial charge in [-0.3, -0.25) is 0 Å². The first-order chi connectivity index (χ1) is 14.5. The minimum atomic E-state index is -0.303. The molecule has 8 nitrogen and oxygen atoms in total. The summed E-state index contributed by atoms with van der Waals surface area (Å²) in [7, 11) is 4.45. The van der Waals surface area contributed by atoms with Crippen LogP contribution in [0.2, 0.25) is 0 Å². The van der Waals surface area contributed by atoms with Crippen LogP contribution in [0.3, 0.4) is 0 Å². The highest BCUT2D eigenvalue weighted by molar-refractivity contribution is 5.53. The summed E-state index contributed by atoms with van der Waals surface area (Å²) < 4.78 is 28.1. The Balaban J connectivity index is 1.63. The number of hydrogen-bond donors (Lipinski definition) is 3. The summed E-state index contributed by atoms with van der Waals surface area (Å²) >= 11 is 0. The molecule has 0 spiro atoms. The van der Waals surface area contributed by atoms with Gasteiger partial charge in [0.25, 0.3) is 0 Å². The maximum absolute atomic E-state index is 10.2. The van der Waals surface area contributed by atoms with Crippen LogP contribution in [0.4, 0.5) is 0 Å². The number of benzene rings is 2. The summed E-state index contributed by atoms with van der Waals surface area (Å²) in [5.74, 6) is 0.999. The van der Waals surface area contributed by atoms with Crippen molar-refractivity contribution in [3.05, 3.63) is 41.0 Å². The van der Waals surface area contributed by atoms with Crippen molar-refractivity contribution in [1.82, 2.24) is 0 Å². The Kier molecular flexibility index (Phi) is 5.64. The summed E-state index contributed by atoms with van der Waals surface area (Å²) in [6.07, 6.45) is -0.486. The molecule has 4 rings (SSSR count). The molecule has 2 fully saturated rings. The van der Waals surface area contributed by atoms with E-state index in [9.17, 15) is 15.3 Å². The van der Waals surface area contributed by atoms with E-state index in [-0.39, 0.29) is 42.1 Å². The topological polar surface area (TPSA) is 107 Å². The monoisotopic (exact) mass is 418 g/mol. The quantitative estimate of drug-likeness (QED) is 0.657. The van der Waals surface area contributed by atoms with Crippen LogP contribution in [0.25, 0.3) is 0 Å². The Labute approximate surface area is 174 Å². The first kappa shape index (κ1) is 20.6. The lowest BCUT2D eigenvalue weighted by Crippen LogP contribution is -2.15. The number of fused-ring (bicyclic) bond motifs is 1. The standard InChI is InChI=1S/C22H26O8/c1-26-16-5-11(4-13(8-23)19(16)24)21-14-9-30-22(15(14)10-29-21)12-6-17(27-2)20(25)18(7-12)28-3/h4-7,14-15,21-25H,8-10H2,1-3H3/t14-,15-,21?,22?/m0/s1. The van der Waals surface area contributed by atoms with Crippen LogP contribution in [0.1, 0.15) is 28.9 Å². The predicted molar refractivity (Wildman–Crippen MR) is 106 cm³/mol. The number of aromatic hydroxyl groups is 2. The van der Waals surface area contributed by atoms with Gasteiger partial charge in [0.1, 0.15) is 0 Å². The summed E-state index contributed by atoms with van der Waals surface area (Å²) in [6.45, 7) is 0.676. The van der Waals surface area contributed by atoms with Crippen molar-refractivity contribution >= 4 is 0 Å². The minimum absolute atomic E-state index is 0.0495. The van der Waals surface area contributed by atoms with Gasteiger partial charge in [0.2, 0.25) is 5.75 Å². The van der Waals surface area contributed by atoms with Crippen LogP contribution >= 0.6 is 0 Å². The van der Waals surface area contributed by atoms with Crippen molar-refractivity contribution in [2.24, 2.45) is 11.8 Å². The second kappa shape index (κ2) is 8.22. The third-order valence-corrected chi connectivity index (χ3v) is 5.99. The van der Waals surface area contributed by atoms with Gasteiger partial charge < -0.3 is 39.0 Å². The number of hydrogen-bond acceptors (Lipinski definition) is 8. The Morgan fingerprint density at radius 3 is 1.63 bits per heavy atom. The van der Waals surface area contributed by atoms with Crippen molar-refractivity contribution < 1.29 is 39.0 Å². The van der Waals surface area contributed by atoms with Crippen LogP contribution in [0, 0.1) is 11.8 Å². The van der Waals surface area contributed by atoms with Gasteiger partial charge in [0.05, 0.1) is 53.4 Å². The fourth-order valence-electron chi connectivity index (χ4n) is 4.44. The zero-order valence-electron chi connectivity index (χ0n) is 17.1. The van der Waals surface area contributed by atoms with E-state index in [1.54, 1.807) is 24.3 Å². The number of methoxy groups -OCH3 is 3. The Morgan fingerprint density at radius 1 is 0.767 bits per heavy atom. The van der Waals surface area contributed by atoms with Gasteiger partial charge >= 0.3 is 0 Å². The maximum atomic E-state index is 10.2. The summed E-state index contributed by atoms with van der Waals surface area (Å²) in [6, 6.07) is 6.99. The molecule has 2 heterocycles. The SMILES string of the molecule is COc1cc(C2OC[C@@H]3C(c4cc(OC)c(O)c(OC)c4)OC[C@H]23)cc(CO)c1O. The summed E-state index contributed by atoms with van der Waals surface area (Å²) in [5, 5.41) is 29.9. The smallest absolute Gasteiger partial charge is 0.200 e. The van der Waals surface area contributed by atoms with Crippen molar-refractivity contribution in [3.8, 4) is 28.7 Å². The fraction of sp³-hybridized carbons (Fsp3) is 0.455. The second-order valence-corrected chi connectivity index (χ2v) is 7.50. The lowest BCUT2D eigenvalue weighted by Gasteiger charge is -2.19. The predicted octanol–water partition coefficient (Wildman–Crippen LogP) is 2.69. The van der Waals surface area contributed by atoms with Crippen LogP contribution in [0.15, 0.2) is 24.3 Å². The number of aliphatic hydroxyl groups excluding tert-OH is 1. The molecule has 0 aromatic heterocycles. The van der Waals surface area contributed by atoms with Crippen LogP contribution < -0.4 is 14.2 Å². The maximum Gasteiger partial charge on any atom is 0.200 e. The Morgan fingerprint density at radius 2 is 1.20 bits per heavy atom. The molecule has 162 valence electrons. The number of phenolic OH excluding ortho intramolecular Hbond substituents is 1. The normalized spacial score (nSPS) is 25.2. The lowest BCUT2D eigenvalue weighted by atomic mass is 9.84. The van der Waals surface area contributed by atoms with E-state index in [0.717, 1.165) is 11.1 Å². The molecule has 0 aliphatic carbocycles. The van der Waals surface area contributed by atoms with E-state index in [4.69, 9.17) is 23.7 Å². The molecule has 0 amide bonds. The molecular weight excluding hydrogens is 392 g/mol. The number of rotatable bonds is 6. The van der Waals surface area contributed by atoms with Gasteiger partial charge in [-0.25, -0.2) is 0 Å². The molecule has 0 saturated carbocycles. The molecule has 2 aliphatic heterocycles. The minimum Gasteiger partial charge on any atom is -0.504 e. The first-order valence-electron chi connectivity index (χ1n) is 9.71. The van der Waals surface area contributed by atoms with Gasteiger partial charge in [-0.1, -0.05) is 0 Å². The largest absolute Gasteiger partial charge is 0.504 e. The van der Waals surface area contributed by atoms with Crippen molar-refractivity contribution in [1.29, 1.82) is 0 Å². The molecule has 0 bridgehead atoms. The van der Waals surface area contributed by atoms with Gasteiger partial charge in [0.15, 0.2) is 23.0 Å². The highest BCUT2D eigenvalue weighted by atomic mass is 16.5. The average molecular weight is 418 g/mol. The fourth-order valence-corrected chi connectivity index (χ4v) is 4.44. The number of aliphatic hydroxyl groups is 1. The molecule has 2 unspecified atom stereocenters. The van der Waals surface area contributed by atoms with Crippen molar-refractivity contribution in [2.45, 2.75) is 18.8 Å². The van der Waals surface area contributed by atoms with Gasteiger partial charge in [0, 0.05) is 17.4 Å². The molecule has 2 aromatic rings. The number of phenols is 2. The molecule has 2 aliphatic rings. The van der Waals surface area contributed by atoms with E-state index in [2.05, 4.69) is 0 Å². The zero-order valence-corrected chi connectivity index (χ0v) is 17.1. The summed E-state index contributed by atoms with van der Waals surface area (Å²) in [4.78, 5) is 0. The molecular formula is C22H26O8. The van der Waals surface area contributed by atoms with Crippen LogP contribution in [-0.2, 0) is 16.1 Å². The highest BCUT2D eigenvalue weighted by Gasteiger charge is 2.48. The van der Waals surface area contributed by atoms with E-state index in [1.807, 2.05) is 0 Å². The zero-order chi connectivity index (χ0) is 21.4. The molecule has 0 radical (unpaired) electrons. The molecule has 4 atom stereocenters. The van der Waals surface area contributed by atoms with Gasteiger partial charge in [-0.15, -0.1) is 0 Å².